The molecule has 2 aliphatic heterocycles. The van der Waals surface area contributed by atoms with E-state index in [9.17, 15) is 19.1 Å². The number of nitrogens with one attached hydrogen (secondary N) is 1. The van der Waals surface area contributed by atoms with Crippen molar-refractivity contribution in [3.63, 3.8) is 0 Å². The number of likely N-dealkylation sites (tertiary alicyclic amines) is 1. The lowest BCUT2D eigenvalue weighted by Crippen LogP contribution is -2.60. The number of aliphatic hydroxyl groups excluding tert-OH is 1. The summed E-state index contributed by atoms with van der Waals surface area (Å²) in [5.41, 5.74) is 0.462. The Balaban J connectivity index is 1.33. The summed E-state index contributed by atoms with van der Waals surface area (Å²) in [7, 11) is 0. The molecule has 3 heterocycles. The monoisotopic (exact) mass is 449 g/mol. The highest BCUT2D eigenvalue weighted by Gasteiger charge is 2.50. The number of nitrogens with zero attached hydrogens (tertiary/aromatic N) is 2. The molecule has 2 N–H and O–H groups in total. The summed E-state index contributed by atoms with van der Waals surface area (Å²) in [4.78, 5) is 27.9. The van der Waals surface area contributed by atoms with Crippen LogP contribution in [0.15, 0.2) is 65.2 Å². The number of aliphatic hydroxyl groups is 1. The zero-order chi connectivity index (χ0) is 23.0. The predicted octanol–water partition coefficient (Wildman–Crippen LogP) is 3.33. The third kappa shape index (κ3) is 3.91. The highest BCUT2D eigenvalue weighted by atomic mass is 19.1. The maximum absolute atomic E-state index is 14.1. The highest BCUT2D eigenvalue weighted by Crippen LogP contribution is 2.41. The van der Waals surface area contributed by atoms with Gasteiger partial charge in [-0.15, -0.1) is 0 Å². The largest absolute Gasteiger partial charge is 0.391 e. The Kier molecular flexibility index (Phi) is 5.46. The van der Waals surface area contributed by atoms with E-state index in [1.54, 1.807) is 23.1 Å². The van der Waals surface area contributed by atoms with Crippen LogP contribution in [0.2, 0.25) is 0 Å². The second-order valence-electron chi connectivity index (χ2n) is 8.80. The summed E-state index contributed by atoms with van der Waals surface area (Å²) < 4.78 is 19.3. The molecule has 1 aromatic heterocycles. The van der Waals surface area contributed by atoms with E-state index in [-0.39, 0.29) is 35.9 Å². The van der Waals surface area contributed by atoms with Crippen LogP contribution in [0.4, 0.5) is 4.39 Å². The van der Waals surface area contributed by atoms with Crippen molar-refractivity contribution in [3.05, 3.63) is 77.8 Å². The molecule has 7 nitrogen and oxygen atoms in total. The summed E-state index contributed by atoms with van der Waals surface area (Å²) in [6, 6.07) is 16.4. The molecular formula is C25H24FN3O4. The Morgan fingerprint density at radius 1 is 1.18 bits per heavy atom. The van der Waals surface area contributed by atoms with E-state index in [1.807, 2.05) is 30.3 Å². The van der Waals surface area contributed by atoms with Gasteiger partial charge >= 0.3 is 0 Å². The van der Waals surface area contributed by atoms with E-state index in [4.69, 9.17) is 4.52 Å². The zero-order valence-electron chi connectivity index (χ0n) is 17.9. The average Bonchev–Trinajstić information content (AvgIpc) is 3.32. The first-order valence-corrected chi connectivity index (χ1v) is 11.0. The van der Waals surface area contributed by atoms with Crippen LogP contribution in [0.5, 0.6) is 0 Å². The molecule has 0 bridgehead atoms. The summed E-state index contributed by atoms with van der Waals surface area (Å²) >= 11 is 0. The van der Waals surface area contributed by atoms with E-state index in [0.29, 0.717) is 19.4 Å². The number of carbonyl (C=O) groups excluding carboxylic acids is 2. The van der Waals surface area contributed by atoms with Crippen LogP contribution in [-0.4, -0.2) is 46.2 Å². The maximum atomic E-state index is 14.1. The summed E-state index contributed by atoms with van der Waals surface area (Å²) in [5.74, 6) is -1.04. The maximum Gasteiger partial charge on any atom is 0.292 e. The molecule has 2 amide bonds. The Labute approximate surface area is 190 Å². The van der Waals surface area contributed by atoms with Crippen molar-refractivity contribution in [2.45, 2.75) is 31.4 Å². The van der Waals surface area contributed by atoms with Crippen LogP contribution in [0.1, 0.15) is 41.4 Å². The van der Waals surface area contributed by atoms with Crippen molar-refractivity contribution < 1.29 is 23.6 Å². The summed E-state index contributed by atoms with van der Waals surface area (Å²) in [6.45, 7) is 0.633. The minimum atomic E-state index is -0.868. The van der Waals surface area contributed by atoms with Crippen LogP contribution in [0.25, 0.3) is 11.3 Å². The number of hydrogen-bond donors (Lipinski definition) is 2. The number of benzene rings is 2. The molecule has 2 aliphatic rings. The first-order valence-electron chi connectivity index (χ1n) is 11.0. The van der Waals surface area contributed by atoms with E-state index >= 15 is 0 Å². The average molecular weight is 449 g/mol. The van der Waals surface area contributed by atoms with Crippen LogP contribution >= 0.6 is 0 Å². The lowest BCUT2D eigenvalue weighted by Gasteiger charge is -2.47. The Morgan fingerprint density at radius 3 is 2.73 bits per heavy atom. The van der Waals surface area contributed by atoms with E-state index in [2.05, 4.69) is 10.5 Å². The first kappa shape index (κ1) is 21.3. The molecule has 33 heavy (non-hydrogen) atoms. The Morgan fingerprint density at radius 2 is 1.94 bits per heavy atom. The van der Waals surface area contributed by atoms with Crippen molar-refractivity contribution >= 4 is 11.8 Å². The molecule has 2 saturated heterocycles. The second kappa shape index (κ2) is 8.44. The van der Waals surface area contributed by atoms with E-state index in [0.717, 1.165) is 5.56 Å². The Hall–Kier alpha value is -3.52. The normalized spacial score (nSPS) is 25.2. The van der Waals surface area contributed by atoms with Gasteiger partial charge in [-0.2, -0.15) is 0 Å². The topological polar surface area (TPSA) is 95.7 Å². The smallest absolute Gasteiger partial charge is 0.292 e. The number of halogens is 1. The summed E-state index contributed by atoms with van der Waals surface area (Å²) in [6.07, 6.45) is 0.700. The van der Waals surface area contributed by atoms with Gasteiger partial charge in [0.15, 0.2) is 0 Å². The fourth-order valence-corrected chi connectivity index (χ4v) is 4.95. The van der Waals surface area contributed by atoms with Gasteiger partial charge in [0.25, 0.3) is 5.91 Å². The van der Waals surface area contributed by atoms with Crippen LogP contribution in [-0.2, 0) is 4.79 Å². The fraction of sp³-hybridized carbons (Fsp3) is 0.320. The zero-order valence-corrected chi connectivity index (χ0v) is 17.9. The number of amides is 2. The fourth-order valence-electron chi connectivity index (χ4n) is 4.95. The standard InChI is InChI=1S/C25H24FN3O4/c26-18-10-5-4-9-17(18)19-13-21(33-28-19)23(31)29-12-6-11-25(15-29)14-20(30)22(27-24(25)32)16-7-2-1-3-8-16/h1-5,7-10,13,20,22,30H,6,11-12,14-15H2,(H,27,32)/t20-,22+,25+/m1/s1. The minimum Gasteiger partial charge on any atom is -0.391 e. The quantitative estimate of drug-likeness (QED) is 0.640. The van der Waals surface area contributed by atoms with E-state index in [1.165, 1.54) is 12.1 Å². The number of rotatable bonds is 3. The summed E-state index contributed by atoms with van der Waals surface area (Å²) in [5, 5.41) is 17.7. The van der Waals surface area contributed by atoms with Crippen molar-refractivity contribution in [1.82, 2.24) is 15.4 Å². The van der Waals surface area contributed by atoms with Gasteiger partial charge < -0.3 is 19.8 Å². The van der Waals surface area contributed by atoms with Crippen molar-refractivity contribution in [2.75, 3.05) is 13.1 Å². The van der Waals surface area contributed by atoms with Gasteiger partial charge in [0.05, 0.1) is 17.6 Å². The molecule has 0 aliphatic carbocycles. The third-order valence-electron chi connectivity index (χ3n) is 6.65. The van der Waals surface area contributed by atoms with Gasteiger partial charge in [0, 0.05) is 24.7 Å². The molecule has 5 rings (SSSR count). The van der Waals surface area contributed by atoms with Gasteiger partial charge in [-0.1, -0.05) is 47.6 Å². The molecular weight excluding hydrogens is 425 g/mol. The van der Waals surface area contributed by atoms with Gasteiger partial charge in [0.2, 0.25) is 11.7 Å². The van der Waals surface area contributed by atoms with Crippen molar-refractivity contribution in [3.8, 4) is 11.3 Å². The molecule has 0 radical (unpaired) electrons. The van der Waals surface area contributed by atoms with Gasteiger partial charge in [-0.05, 0) is 37.0 Å². The molecule has 8 heteroatoms. The molecule has 2 aromatic carbocycles. The highest BCUT2D eigenvalue weighted by molar-refractivity contribution is 5.93. The lowest BCUT2D eigenvalue weighted by molar-refractivity contribution is -0.144. The molecule has 2 fully saturated rings. The van der Waals surface area contributed by atoms with E-state index < -0.39 is 29.3 Å². The SMILES string of the molecule is O=C(c1cc(-c2ccccc2F)no1)N1CCC[C@]2(C[C@@H](O)[C@H](c3ccccc3)NC2=O)C1. The molecule has 3 aromatic rings. The van der Waals surface area contributed by atoms with Gasteiger partial charge in [0.1, 0.15) is 11.5 Å². The molecule has 170 valence electrons. The number of hydrogen-bond acceptors (Lipinski definition) is 5. The van der Waals surface area contributed by atoms with Gasteiger partial charge in [-0.3, -0.25) is 9.59 Å². The molecule has 0 unspecified atom stereocenters. The second-order valence-corrected chi connectivity index (χ2v) is 8.80. The Bertz CT molecular complexity index is 1180. The molecule has 0 saturated carbocycles. The predicted molar refractivity (Wildman–Crippen MR) is 117 cm³/mol. The van der Waals surface area contributed by atoms with Crippen molar-refractivity contribution in [2.24, 2.45) is 5.41 Å². The van der Waals surface area contributed by atoms with Crippen molar-refractivity contribution in [1.29, 1.82) is 0 Å². The molecule has 1 spiro atoms. The number of aromatic nitrogens is 1. The minimum absolute atomic E-state index is 0.00997. The number of carbonyl (C=O) groups is 2. The number of piperidine rings is 2. The third-order valence-corrected chi connectivity index (χ3v) is 6.65. The molecule has 3 atom stereocenters. The van der Waals surface area contributed by atoms with Crippen LogP contribution in [0.3, 0.4) is 0 Å². The van der Waals surface area contributed by atoms with Crippen LogP contribution < -0.4 is 5.32 Å². The van der Waals surface area contributed by atoms with Crippen LogP contribution in [0, 0.1) is 11.2 Å². The lowest BCUT2D eigenvalue weighted by atomic mass is 9.70. The van der Waals surface area contributed by atoms with Gasteiger partial charge in [-0.25, -0.2) is 4.39 Å². The first-order chi connectivity index (χ1) is 16.0.